The summed E-state index contributed by atoms with van der Waals surface area (Å²) in [5.74, 6) is -2.23. The number of allylic oxidation sites excluding steroid dienone is 2. The predicted molar refractivity (Wildman–Crippen MR) is 235 cm³/mol. The van der Waals surface area contributed by atoms with E-state index < -0.39 is 96.1 Å². The van der Waals surface area contributed by atoms with Crippen LogP contribution in [0.25, 0.3) is 0 Å². The number of urea groups is 1. The van der Waals surface area contributed by atoms with Crippen LogP contribution in [0.1, 0.15) is 144 Å². The highest BCUT2D eigenvalue weighted by Crippen LogP contribution is 2.44. The molecular weight excluding hydrogens is 850 g/mol. The minimum absolute atomic E-state index is 0.254. The second kappa shape index (κ2) is 36.2. The lowest BCUT2D eigenvalue weighted by molar-refractivity contribution is -0.147. The molecule has 360 valence electrons. The largest absolute Gasteiger partial charge is 0.472 e. The maximum atomic E-state index is 12.6. The number of phosphoric acid groups is 2. The number of esters is 2. The molecule has 6 unspecified atom stereocenters. The number of hydrogen-bond acceptors (Lipinski definition) is 13. The molecule has 0 heterocycles. The summed E-state index contributed by atoms with van der Waals surface area (Å²) in [7, 11) is -9.41. The van der Waals surface area contributed by atoms with Gasteiger partial charge in [-0.15, -0.1) is 0 Å². The quantitative estimate of drug-likeness (QED) is 0.0161. The summed E-state index contributed by atoms with van der Waals surface area (Å²) in [6.07, 6.45) is 22.1. The fourth-order valence-electron chi connectivity index (χ4n) is 5.89. The molecular formula is C41H76N4O15P2. The normalized spacial score (nSPS) is 15.5. The smallest absolute Gasteiger partial charge is 0.456 e. The van der Waals surface area contributed by atoms with E-state index in [4.69, 9.17) is 27.6 Å². The average molecular weight is 927 g/mol. The molecule has 62 heavy (non-hydrogen) atoms. The third kappa shape index (κ3) is 35.3. The van der Waals surface area contributed by atoms with Gasteiger partial charge in [0.05, 0.1) is 38.5 Å². The summed E-state index contributed by atoms with van der Waals surface area (Å²) in [6, 6.07) is -2.80. The fourth-order valence-corrected chi connectivity index (χ4v) is 7.38. The minimum Gasteiger partial charge on any atom is -0.456 e. The van der Waals surface area contributed by atoms with Crippen molar-refractivity contribution < 1.29 is 70.5 Å². The first-order valence-corrected chi connectivity index (χ1v) is 24.9. The Kier molecular flexibility index (Phi) is 34.4. The predicted octanol–water partition coefficient (Wildman–Crippen LogP) is 6.82. The van der Waals surface area contributed by atoms with Gasteiger partial charge in [0.15, 0.2) is 0 Å². The molecule has 0 fully saturated rings. The van der Waals surface area contributed by atoms with Crippen molar-refractivity contribution in [2.45, 2.75) is 169 Å². The first-order valence-electron chi connectivity index (χ1n) is 21.9. The van der Waals surface area contributed by atoms with Crippen molar-refractivity contribution in [3.63, 3.8) is 0 Å². The van der Waals surface area contributed by atoms with Crippen molar-refractivity contribution in [1.82, 2.24) is 21.3 Å². The molecule has 0 bridgehead atoms. The number of carbonyl (C=O) groups excluding carboxylic acids is 5. The molecule has 0 saturated heterocycles. The standard InChI is InChI=1S/C41H76N4O15P2/c1-7-9-11-13-15-17-19-21-23-25-39(59-35(5)48)37(44-33(3)46)31-57-61(51,52)55-29-27-42-41(50)43-28-30-56-62(53,54)58-32-38(45-34(4)47)40(60-36(6)49)26-24-22-20-18-16-14-12-10-8-2/h23-26,37-40H,7-22,27-32H2,1-6H3,(H,44,46)(H,45,47)(H,51,52)(H,53,54)(H2,42,43,50)/b25-23+,26-24+. The van der Waals surface area contributed by atoms with Crippen LogP contribution in [-0.2, 0) is 55.9 Å². The van der Waals surface area contributed by atoms with Gasteiger partial charge in [-0.3, -0.25) is 37.3 Å². The minimum atomic E-state index is -4.70. The molecule has 0 saturated carbocycles. The maximum absolute atomic E-state index is 12.6. The summed E-state index contributed by atoms with van der Waals surface area (Å²) in [6.45, 7) is 6.68. The molecule has 0 aliphatic heterocycles. The van der Waals surface area contributed by atoms with E-state index in [-0.39, 0.29) is 13.1 Å². The Morgan fingerprint density at radius 3 is 1.19 bits per heavy atom. The molecule has 0 aliphatic rings. The van der Waals surface area contributed by atoms with Crippen LogP contribution in [0.3, 0.4) is 0 Å². The number of rotatable bonds is 38. The van der Waals surface area contributed by atoms with Crippen molar-refractivity contribution in [2.24, 2.45) is 0 Å². The number of unbranched alkanes of at least 4 members (excludes halogenated alkanes) is 14. The van der Waals surface area contributed by atoms with Gasteiger partial charge in [-0.25, -0.2) is 13.9 Å². The summed E-state index contributed by atoms with van der Waals surface area (Å²) < 4.78 is 55.9. The third-order valence-electron chi connectivity index (χ3n) is 8.89. The van der Waals surface area contributed by atoms with E-state index >= 15 is 0 Å². The molecule has 0 aromatic heterocycles. The van der Waals surface area contributed by atoms with Crippen molar-refractivity contribution in [3.05, 3.63) is 24.3 Å². The second-order valence-corrected chi connectivity index (χ2v) is 17.7. The molecule has 0 aliphatic carbocycles. The Morgan fingerprint density at radius 1 is 0.532 bits per heavy atom. The molecule has 6 N–H and O–H groups in total. The highest BCUT2D eigenvalue weighted by Gasteiger charge is 2.30. The van der Waals surface area contributed by atoms with Gasteiger partial charge in [0.2, 0.25) is 11.8 Å². The van der Waals surface area contributed by atoms with Gasteiger partial charge in [0.25, 0.3) is 0 Å². The van der Waals surface area contributed by atoms with Gasteiger partial charge in [-0.2, -0.15) is 0 Å². The van der Waals surface area contributed by atoms with E-state index in [2.05, 4.69) is 35.1 Å². The molecule has 19 nitrogen and oxygen atoms in total. The van der Waals surface area contributed by atoms with Gasteiger partial charge in [-0.1, -0.05) is 103 Å². The number of nitrogens with one attached hydrogen (secondary N) is 4. The second-order valence-electron chi connectivity index (χ2n) is 14.8. The maximum Gasteiger partial charge on any atom is 0.472 e. The Morgan fingerprint density at radius 2 is 0.871 bits per heavy atom. The fraction of sp³-hybridized carbons (Fsp3) is 0.780. The summed E-state index contributed by atoms with van der Waals surface area (Å²) in [5.41, 5.74) is 0. The van der Waals surface area contributed by atoms with E-state index in [1.807, 2.05) is 12.2 Å². The van der Waals surface area contributed by atoms with Crippen LogP contribution >= 0.6 is 15.6 Å². The van der Waals surface area contributed by atoms with E-state index in [9.17, 15) is 42.9 Å². The van der Waals surface area contributed by atoms with Crippen molar-refractivity contribution in [3.8, 4) is 0 Å². The summed E-state index contributed by atoms with van der Waals surface area (Å²) >= 11 is 0. The van der Waals surface area contributed by atoms with Crippen molar-refractivity contribution in [1.29, 1.82) is 0 Å². The SMILES string of the molecule is CCCCCCCCC/C=C/C(OC(C)=O)C(COP(=O)(O)OCCNC(=O)NCCOP(=O)(O)OCC(NC(C)=O)C(/C=C/CCCCCCCCC)OC(C)=O)NC(C)=O. The van der Waals surface area contributed by atoms with E-state index in [0.717, 1.165) is 38.5 Å². The Bertz CT molecular complexity index is 1330. The van der Waals surface area contributed by atoms with Crippen LogP contribution in [0.15, 0.2) is 24.3 Å². The first kappa shape index (κ1) is 58.9. The van der Waals surface area contributed by atoms with Crippen LogP contribution < -0.4 is 21.3 Å². The molecule has 0 rings (SSSR count). The zero-order valence-corrected chi connectivity index (χ0v) is 39.6. The Hall–Kier alpha value is -3.15. The van der Waals surface area contributed by atoms with Gasteiger partial charge in [-0.05, 0) is 37.8 Å². The number of phosphoric ester groups is 2. The molecule has 21 heteroatoms. The molecule has 6 atom stereocenters. The van der Waals surface area contributed by atoms with E-state index in [1.54, 1.807) is 12.2 Å². The van der Waals surface area contributed by atoms with E-state index in [1.165, 1.54) is 79.1 Å². The topological polar surface area (TPSA) is 263 Å². The van der Waals surface area contributed by atoms with Crippen LogP contribution in [0.2, 0.25) is 0 Å². The number of ether oxygens (including phenoxy) is 2. The van der Waals surface area contributed by atoms with Gasteiger partial charge >= 0.3 is 33.6 Å². The molecule has 4 amide bonds. The first-order chi connectivity index (χ1) is 29.4. The van der Waals surface area contributed by atoms with Crippen LogP contribution in [0.5, 0.6) is 0 Å². The van der Waals surface area contributed by atoms with Gasteiger partial charge in [0.1, 0.15) is 12.2 Å². The highest BCUT2D eigenvalue weighted by molar-refractivity contribution is 7.47. The zero-order chi connectivity index (χ0) is 46.7. The van der Waals surface area contributed by atoms with Crippen LogP contribution in [-0.4, -0.2) is 103 Å². The van der Waals surface area contributed by atoms with Crippen molar-refractivity contribution in [2.75, 3.05) is 39.5 Å². The monoisotopic (exact) mass is 926 g/mol. The Labute approximate surface area is 368 Å². The van der Waals surface area contributed by atoms with Gasteiger partial charge < -0.3 is 40.5 Å². The van der Waals surface area contributed by atoms with Crippen LogP contribution in [0, 0.1) is 0 Å². The lowest BCUT2D eigenvalue weighted by Crippen LogP contribution is -2.46. The summed E-state index contributed by atoms with van der Waals surface area (Å²) in [4.78, 5) is 80.1. The average Bonchev–Trinajstić information content (AvgIpc) is 3.18. The molecule has 0 radical (unpaired) electrons. The molecule has 0 aromatic rings. The zero-order valence-electron chi connectivity index (χ0n) is 37.8. The summed E-state index contributed by atoms with van der Waals surface area (Å²) in [5, 5.41) is 9.87. The van der Waals surface area contributed by atoms with E-state index in [0.29, 0.717) is 12.8 Å². The number of hydrogen-bond donors (Lipinski definition) is 6. The highest BCUT2D eigenvalue weighted by atomic mass is 31.2. The van der Waals surface area contributed by atoms with Crippen molar-refractivity contribution >= 4 is 45.4 Å². The third-order valence-corrected chi connectivity index (χ3v) is 10.9. The number of carbonyl (C=O) groups is 5. The van der Waals surface area contributed by atoms with Gasteiger partial charge in [0, 0.05) is 40.8 Å². The molecule has 0 spiro atoms. The Balaban J connectivity index is 4.87. The number of amides is 4. The lowest BCUT2D eigenvalue weighted by atomic mass is 10.1. The lowest BCUT2D eigenvalue weighted by Gasteiger charge is -2.25. The van der Waals surface area contributed by atoms with Crippen LogP contribution in [0.4, 0.5) is 4.79 Å². The molecule has 0 aromatic carbocycles.